The number of amides is 4. The number of carbonyl (C=O) groups is 4. The number of benzene rings is 3. The van der Waals surface area contributed by atoms with Gasteiger partial charge < -0.3 is 9.84 Å². The van der Waals surface area contributed by atoms with Crippen molar-refractivity contribution in [1.82, 2.24) is 5.32 Å². The molecule has 0 radical (unpaired) electrons. The summed E-state index contributed by atoms with van der Waals surface area (Å²) in [5.41, 5.74) is 3.16. The molecule has 218 valence electrons. The third-order valence-corrected chi connectivity index (χ3v) is 9.69. The quantitative estimate of drug-likeness (QED) is 0.260. The van der Waals surface area contributed by atoms with Crippen LogP contribution in [0.3, 0.4) is 0 Å². The fourth-order valence-electron chi connectivity index (χ4n) is 8.11. The Balaban J connectivity index is 1.12. The Kier molecular flexibility index (Phi) is 6.64. The van der Waals surface area contributed by atoms with Crippen molar-refractivity contribution in [3.8, 4) is 5.75 Å². The molecule has 1 aliphatic heterocycles. The summed E-state index contributed by atoms with van der Waals surface area (Å²) in [6, 6.07) is 20.3. The number of carbonyl (C=O) groups excluding carboxylic acids is 3. The third-order valence-electron chi connectivity index (χ3n) is 9.69. The second kappa shape index (κ2) is 10.5. The van der Waals surface area contributed by atoms with Crippen molar-refractivity contribution in [3.05, 3.63) is 101 Å². The van der Waals surface area contributed by atoms with Crippen molar-refractivity contribution < 1.29 is 29.0 Å². The largest absolute Gasteiger partial charge is 0.488 e. The Morgan fingerprint density at radius 2 is 1.51 bits per heavy atom. The zero-order valence-corrected chi connectivity index (χ0v) is 23.6. The van der Waals surface area contributed by atoms with Crippen molar-refractivity contribution in [2.24, 2.45) is 17.8 Å². The molecule has 4 aliphatic carbocycles. The van der Waals surface area contributed by atoms with E-state index in [0.717, 1.165) is 28.2 Å². The average Bonchev–Trinajstić information content (AvgIpc) is 2.98. The molecule has 4 bridgehead atoms. The Morgan fingerprint density at radius 3 is 2.14 bits per heavy atom. The number of carboxylic acid groups (broad SMARTS) is 1. The number of hydrogen-bond donors (Lipinski definition) is 2. The van der Waals surface area contributed by atoms with Gasteiger partial charge in [-0.05, 0) is 109 Å². The van der Waals surface area contributed by atoms with E-state index in [1.807, 2.05) is 12.1 Å². The molecule has 4 amide bonds. The number of carboxylic acids is 1. The minimum absolute atomic E-state index is 0.154. The number of nitrogens with one attached hydrogen (secondary N) is 1. The Bertz CT molecular complexity index is 1620. The summed E-state index contributed by atoms with van der Waals surface area (Å²) in [5.74, 6) is 0.383. The standard InChI is InChI=1S/C35H32N2O6/c38-31-29(16-26-3-1-2-4-30(26)43-20-21-5-7-25(8-6-21)33(40)41)32(39)37(34(42)36-31)28-11-9-27(10-12-28)35-17-22-13-23(18-35)15-24(14-22)19-35/h1-12,16,22-24H,13-15,17-20H2,(H,40,41)(H,36,38,42)/b29-16+. The summed E-state index contributed by atoms with van der Waals surface area (Å²) in [4.78, 5) is 51.5. The fraction of sp³-hybridized carbons (Fsp3) is 0.314. The Hall–Kier alpha value is -4.72. The maximum absolute atomic E-state index is 13.6. The molecule has 8 rings (SSSR count). The number of hydrogen-bond acceptors (Lipinski definition) is 5. The van der Waals surface area contributed by atoms with Gasteiger partial charge in [0.15, 0.2) is 0 Å². The van der Waals surface area contributed by atoms with Gasteiger partial charge in [0.25, 0.3) is 11.8 Å². The van der Waals surface area contributed by atoms with Crippen molar-refractivity contribution in [2.75, 3.05) is 4.90 Å². The van der Waals surface area contributed by atoms with Crippen LogP contribution in [0.15, 0.2) is 78.4 Å². The van der Waals surface area contributed by atoms with E-state index < -0.39 is 23.8 Å². The topological polar surface area (TPSA) is 113 Å². The minimum Gasteiger partial charge on any atom is -0.488 e. The first-order chi connectivity index (χ1) is 20.8. The number of nitrogens with zero attached hydrogens (tertiary/aromatic N) is 1. The maximum atomic E-state index is 13.6. The predicted molar refractivity (Wildman–Crippen MR) is 159 cm³/mol. The van der Waals surface area contributed by atoms with Crippen LogP contribution >= 0.6 is 0 Å². The first kappa shape index (κ1) is 27.1. The molecule has 1 saturated heterocycles. The second-order valence-electron chi connectivity index (χ2n) is 12.5. The van der Waals surface area contributed by atoms with Crippen LogP contribution in [0.5, 0.6) is 5.75 Å². The lowest BCUT2D eigenvalue weighted by atomic mass is 9.48. The van der Waals surface area contributed by atoms with E-state index in [4.69, 9.17) is 9.84 Å². The van der Waals surface area contributed by atoms with E-state index in [9.17, 15) is 19.2 Å². The monoisotopic (exact) mass is 576 g/mol. The van der Waals surface area contributed by atoms with Crippen LogP contribution in [0.2, 0.25) is 0 Å². The molecule has 4 saturated carbocycles. The first-order valence-corrected chi connectivity index (χ1v) is 14.8. The Morgan fingerprint density at radius 1 is 0.884 bits per heavy atom. The molecule has 0 spiro atoms. The number of urea groups is 1. The van der Waals surface area contributed by atoms with Crippen LogP contribution < -0.4 is 15.0 Å². The fourth-order valence-corrected chi connectivity index (χ4v) is 8.11. The Labute approximate surface area is 249 Å². The van der Waals surface area contributed by atoms with Crippen LogP contribution in [0, 0.1) is 17.8 Å². The normalized spacial score (nSPS) is 27.0. The molecule has 5 fully saturated rings. The molecule has 3 aromatic rings. The molecule has 0 aromatic heterocycles. The van der Waals surface area contributed by atoms with Crippen LogP contribution in [0.1, 0.15) is 65.6 Å². The summed E-state index contributed by atoms with van der Waals surface area (Å²) < 4.78 is 5.97. The number of aromatic carboxylic acids is 1. The van der Waals surface area contributed by atoms with Gasteiger partial charge >= 0.3 is 12.0 Å². The van der Waals surface area contributed by atoms with E-state index in [-0.39, 0.29) is 23.2 Å². The molecule has 43 heavy (non-hydrogen) atoms. The molecular weight excluding hydrogens is 544 g/mol. The highest BCUT2D eigenvalue weighted by atomic mass is 16.5. The van der Waals surface area contributed by atoms with E-state index in [0.29, 0.717) is 17.0 Å². The van der Waals surface area contributed by atoms with Gasteiger partial charge in [0.05, 0.1) is 11.3 Å². The molecular formula is C35H32N2O6. The SMILES string of the molecule is O=C1NC(=O)N(c2ccc(C34CC5CC(CC(C5)C3)C4)cc2)C(=O)/C1=C/c1ccccc1OCc1ccc(C(=O)O)cc1. The summed E-state index contributed by atoms with van der Waals surface area (Å²) in [6.07, 6.45) is 9.17. The van der Waals surface area contributed by atoms with Gasteiger partial charge in [-0.3, -0.25) is 14.9 Å². The lowest BCUT2D eigenvalue weighted by Crippen LogP contribution is -2.54. The molecule has 8 heteroatoms. The zero-order valence-electron chi connectivity index (χ0n) is 23.6. The number of anilines is 1. The predicted octanol–water partition coefficient (Wildman–Crippen LogP) is 6.10. The molecule has 8 nitrogen and oxygen atoms in total. The van der Waals surface area contributed by atoms with E-state index in [1.54, 1.807) is 36.4 Å². The van der Waals surface area contributed by atoms with Crippen molar-refractivity contribution >= 4 is 35.6 Å². The number of para-hydroxylation sites is 1. The van der Waals surface area contributed by atoms with E-state index in [2.05, 4.69) is 17.4 Å². The van der Waals surface area contributed by atoms with Crippen molar-refractivity contribution in [1.29, 1.82) is 0 Å². The van der Waals surface area contributed by atoms with Crippen LogP contribution in [0.25, 0.3) is 6.08 Å². The van der Waals surface area contributed by atoms with Gasteiger partial charge in [-0.1, -0.05) is 42.5 Å². The lowest BCUT2D eigenvalue weighted by molar-refractivity contribution is -0.122. The van der Waals surface area contributed by atoms with Gasteiger partial charge in [0.1, 0.15) is 17.9 Å². The van der Waals surface area contributed by atoms with Crippen LogP contribution in [0.4, 0.5) is 10.5 Å². The summed E-state index contributed by atoms with van der Waals surface area (Å²) >= 11 is 0. The first-order valence-electron chi connectivity index (χ1n) is 14.8. The van der Waals surface area contributed by atoms with Crippen molar-refractivity contribution in [2.45, 2.75) is 50.5 Å². The molecule has 2 N–H and O–H groups in total. The van der Waals surface area contributed by atoms with E-state index in [1.165, 1.54) is 62.3 Å². The lowest BCUT2D eigenvalue weighted by Gasteiger charge is -2.57. The van der Waals surface area contributed by atoms with Crippen LogP contribution in [-0.4, -0.2) is 28.9 Å². The van der Waals surface area contributed by atoms with Crippen LogP contribution in [-0.2, 0) is 21.6 Å². The minimum atomic E-state index is -1.01. The number of ether oxygens (including phenoxy) is 1. The average molecular weight is 577 g/mol. The second-order valence-corrected chi connectivity index (χ2v) is 12.5. The summed E-state index contributed by atoms with van der Waals surface area (Å²) in [7, 11) is 0. The van der Waals surface area contributed by atoms with Gasteiger partial charge in [-0.2, -0.15) is 0 Å². The number of rotatable bonds is 7. The third kappa shape index (κ3) is 5.01. The zero-order chi connectivity index (χ0) is 29.7. The highest BCUT2D eigenvalue weighted by molar-refractivity contribution is 6.39. The maximum Gasteiger partial charge on any atom is 0.335 e. The molecule has 3 aromatic carbocycles. The molecule has 5 aliphatic rings. The number of barbiturate groups is 1. The highest BCUT2D eigenvalue weighted by Gasteiger charge is 2.51. The molecule has 0 unspecified atom stereocenters. The van der Waals surface area contributed by atoms with Gasteiger partial charge in [0, 0.05) is 5.56 Å². The highest BCUT2D eigenvalue weighted by Crippen LogP contribution is 2.60. The molecule has 0 atom stereocenters. The van der Waals surface area contributed by atoms with Gasteiger partial charge in [-0.25, -0.2) is 14.5 Å². The van der Waals surface area contributed by atoms with Gasteiger partial charge in [-0.15, -0.1) is 0 Å². The smallest absolute Gasteiger partial charge is 0.335 e. The van der Waals surface area contributed by atoms with Gasteiger partial charge in [0.2, 0.25) is 0 Å². The van der Waals surface area contributed by atoms with E-state index >= 15 is 0 Å². The number of imide groups is 2. The summed E-state index contributed by atoms with van der Waals surface area (Å²) in [6.45, 7) is 0.154. The molecule has 1 heterocycles. The van der Waals surface area contributed by atoms with Crippen molar-refractivity contribution in [3.63, 3.8) is 0 Å². The summed E-state index contributed by atoms with van der Waals surface area (Å²) in [5, 5.41) is 11.4.